The van der Waals surface area contributed by atoms with Crippen LogP contribution in [0.4, 0.5) is 5.69 Å². The predicted molar refractivity (Wildman–Crippen MR) is 112 cm³/mol. The molecule has 0 saturated heterocycles. The third-order valence-electron chi connectivity index (χ3n) is 4.16. The van der Waals surface area contributed by atoms with E-state index in [9.17, 15) is 19.7 Å². The van der Waals surface area contributed by atoms with E-state index in [1.165, 1.54) is 30.0 Å². The molecular formula is C22H18N2O4S. The van der Waals surface area contributed by atoms with Gasteiger partial charge in [0.05, 0.1) is 17.0 Å². The average molecular weight is 406 g/mol. The van der Waals surface area contributed by atoms with Crippen molar-refractivity contribution in [2.45, 2.75) is 10.6 Å². The molecule has 1 amide bonds. The number of carbonyl (C=O) groups is 2. The molecule has 0 fully saturated rings. The smallest absolute Gasteiger partial charge is 0.270 e. The first-order valence-electron chi connectivity index (χ1n) is 8.86. The number of amides is 1. The lowest BCUT2D eigenvalue weighted by molar-refractivity contribution is -0.385. The summed E-state index contributed by atoms with van der Waals surface area (Å²) in [4.78, 5) is 36.0. The van der Waals surface area contributed by atoms with E-state index in [2.05, 4.69) is 5.32 Å². The number of Topliss-reactive ketones (excluding diaryl/α,β-unsaturated/α-hetero) is 1. The van der Waals surface area contributed by atoms with E-state index in [0.717, 1.165) is 5.56 Å². The average Bonchev–Trinajstić information content (AvgIpc) is 2.76. The molecule has 0 saturated carbocycles. The predicted octanol–water partition coefficient (Wildman–Crippen LogP) is 4.50. The van der Waals surface area contributed by atoms with Gasteiger partial charge in [-0.3, -0.25) is 19.7 Å². The second-order valence-corrected chi connectivity index (χ2v) is 7.20. The highest BCUT2D eigenvalue weighted by Crippen LogP contribution is 2.30. The van der Waals surface area contributed by atoms with Crippen molar-refractivity contribution < 1.29 is 14.5 Å². The normalized spacial score (nSPS) is 10.3. The van der Waals surface area contributed by atoms with Crippen LogP contribution in [-0.2, 0) is 5.75 Å². The second kappa shape index (κ2) is 9.66. The lowest BCUT2D eigenvalue weighted by Crippen LogP contribution is -2.29. The van der Waals surface area contributed by atoms with Gasteiger partial charge < -0.3 is 5.32 Å². The molecule has 0 atom stereocenters. The SMILES string of the molecule is O=C(CNC(=O)c1ccc([N+](=O)[O-])cc1SCc1ccccc1)c1ccccc1. The van der Waals surface area contributed by atoms with E-state index in [-0.39, 0.29) is 18.0 Å². The van der Waals surface area contributed by atoms with E-state index in [1.54, 1.807) is 24.3 Å². The van der Waals surface area contributed by atoms with Gasteiger partial charge >= 0.3 is 0 Å². The van der Waals surface area contributed by atoms with Gasteiger partial charge in [-0.2, -0.15) is 0 Å². The molecule has 6 nitrogen and oxygen atoms in total. The first-order valence-corrected chi connectivity index (χ1v) is 9.85. The maximum atomic E-state index is 12.6. The van der Waals surface area contributed by atoms with Gasteiger partial charge in [0.15, 0.2) is 5.78 Å². The van der Waals surface area contributed by atoms with Crippen LogP contribution in [-0.4, -0.2) is 23.2 Å². The van der Waals surface area contributed by atoms with Crippen molar-refractivity contribution >= 4 is 29.1 Å². The highest BCUT2D eigenvalue weighted by Gasteiger charge is 2.17. The Morgan fingerprint density at radius 3 is 2.24 bits per heavy atom. The van der Waals surface area contributed by atoms with Gasteiger partial charge in [0, 0.05) is 28.3 Å². The Hall–Kier alpha value is -3.45. The van der Waals surface area contributed by atoms with Crippen molar-refractivity contribution in [3.8, 4) is 0 Å². The van der Waals surface area contributed by atoms with Gasteiger partial charge in [-0.25, -0.2) is 0 Å². The molecule has 0 aromatic heterocycles. The Labute approximate surface area is 172 Å². The zero-order chi connectivity index (χ0) is 20.6. The van der Waals surface area contributed by atoms with Gasteiger partial charge in [-0.05, 0) is 11.6 Å². The summed E-state index contributed by atoms with van der Waals surface area (Å²) in [6.07, 6.45) is 0. The summed E-state index contributed by atoms with van der Waals surface area (Å²) < 4.78 is 0. The number of non-ortho nitro benzene ring substituents is 1. The fourth-order valence-electron chi connectivity index (χ4n) is 2.65. The monoisotopic (exact) mass is 406 g/mol. The number of hydrogen-bond donors (Lipinski definition) is 1. The zero-order valence-corrected chi connectivity index (χ0v) is 16.2. The minimum atomic E-state index is -0.493. The van der Waals surface area contributed by atoms with Gasteiger partial charge in [0.1, 0.15) is 0 Å². The van der Waals surface area contributed by atoms with Crippen LogP contribution in [0.15, 0.2) is 83.8 Å². The Kier molecular flexibility index (Phi) is 6.76. The second-order valence-electron chi connectivity index (χ2n) is 6.18. The number of nitrogens with zero attached hydrogens (tertiary/aromatic N) is 1. The number of nitrogens with one attached hydrogen (secondary N) is 1. The maximum absolute atomic E-state index is 12.6. The summed E-state index contributed by atoms with van der Waals surface area (Å²) >= 11 is 1.34. The molecule has 1 N–H and O–H groups in total. The maximum Gasteiger partial charge on any atom is 0.270 e. The topological polar surface area (TPSA) is 89.3 Å². The third kappa shape index (κ3) is 5.52. The van der Waals surface area contributed by atoms with Crippen molar-refractivity contribution in [1.29, 1.82) is 0 Å². The van der Waals surface area contributed by atoms with Crippen LogP contribution in [0.2, 0.25) is 0 Å². The summed E-state index contributed by atoms with van der Waals surface area (Å²) in [6.45, 7) is -0.150. The third-order valence-corrected chi connectivity index (χ3v) is 5.29. The molecule has 0 heterocycles. The van der Waals surface area contributed by atoms with E-state index in [0.29, 0.717) is 21.8 Å². The number of rotatable bonds is 8. The minimum absolute atomic E-state index is 0.0857. The zero-order valence-electron chi connectivity index (χ0n) is 15.4. The first kappa shape index (κ1) is 20.3. The molecule has 0 spiro atoms. The molecule has 3 rings (SSSR count). The lowest BCUT2D eigenvalue weighted by Gasteiger charge is -2.10. The molecule has 29 heavy (non-hydrogen) atoms. The van der Waals surface area contributed by atoms with Crippen molar-refractivity contribution in [2.75, 3.05) is 6.54 Å². The number of benzene rings is 3. The fourth-order valence-corrected chi connectivity index (χ4v) is 3.68. The summed E-state index contributed by atoms with van der Waals surface area (Å²) in [6, 6.07) is 22.4. The van der Waals surface area contributed by atoms with Crippen molar-refractivity contribution in [2.24, 2.45) is 0 Å². The van der Waals surface area contributed by atoms with Crippen LogP contribution >= 0.6 is 11.8 Å². The fraction of sp³-hybridized carbons (Fsp3) is 0.0909. The Morgan fingerprint density at radius 2 is 1.59 bits per heavy atom. The molecular weight excluding hydrogens is 388 g/mol. The number of ketones is 1. The Bertz CT molecular complexity index is 1020. The summed E-state index contributed by atoms with van der Waals surface area (Å²) in [5, 5.41) is 13.7. The highest BCUT2D eigenvalue weighted by atomic mass is 32.2. The molecule has 0 bridgehead atoms. The molecule has 0 aliphatic carbocycles. The Morgan fingerprint density at radius 1 is 0.931 bits per heavy atom. The van der Waals surface area contributed by atoms with Crippen LogP contribution in [0.25, 0.3) is 0 Å². The number of carbonyl (C=O) groups excluding carboxylic acids is 2. The minimum Gasteiger partial charge on any atom is -0.345 e. The highest BCUT2D eigenvalue weighted by molar-refractivity contribution is 7.98. The molecule has 146 valence electrons. The van der Waals surface area contributed by atoms with Gasteiger partial charge in [0.2, 0.25) is 0 Å². The van der Waals surface area contributed by atoms with E-state index < -0.39 is 10.8 Å². The molecule has 7 heteroatoms. The van der Waals surface area contributed by atoms with Gasteiger partial charge in [-0.15, -0.1) is 11.8 Å². The van der Waals surface area contributed by atoms with Crippen molar-refractivity contribution in [3.63, 3.8) is 0 Å². The standard InChI is InChI=1S/C22H18N2O4S/c25-20(17-9-5-2-6-10-17)14-23-22(26)19-12-11-18(24(27)28)13-21(19)29-15-16-7-3-1-4-8-16/h1-13H,14-15H2,(H,23,26). The largest absolute Gasteiger partial charge is 0.345 e. The van der Waals surface area contributed by atoms with E-state index in [1.807, 2.05) is 36.4 Å². The van der Waals surface area contributed by atoms with Crippen molar-refractivity contribution in [3.05, 3.63) is 106 Å². The van der Waals surface area contributed by atoms with Gasteiger partial charge in [0.25, 0.3) is 11.6 Å². The summed E-state index contributed by atoms with van der Waals surface area (Å²) in [5.41, 5.74) is 1.76. The summed E-state index contributed by atoms with van der Waals surface area (Å²) in [7, 11) is 0. The molecule has 0 aliphatic rings. The lowest BCUT2D eigenvalue weighted by atomic mass is 10.1. The number of hydrogen-bond acceptors (Lipinski definition) is 5. The number of nitro benzene ring substituents is 1. The van der Waals surface area contributed by atoms with Crippen LogP contribution in [0.3, 0.4) is 0 Å². The molecule has 0 aliphatic heterocycles. The van der Waals surface area contributed by atoms with Gasteiger partial charge in [-0.1, -0.05) is 60.7 Å². The van der Waals surface area contributed by atoms with E-state index >= 15 is 0 Å². The summed E-state index contributed by atoms with van der Waals surface area (Å²) in [5.74, 6) is -0.0929. The van der Waals surface area contributed by atoms with Crippen LogP contribution in [0.1, 0.15) is 26.3 Å². The first-order chi connectivity index (χ1) is 14.0. The van der Waals surface area contributed by atoms with Crippen LogP contribution in [0.5, 0.6) is 0 Å². The number of thioether (sulfide) groups is 1. The van der Waals surface area contributed by atoms with Crippen molar-refractivity contribution in [1.82, 2.24) is 5.32 Å². The van der Waals surface area contributed by atoms with Crippen LogP contribution < -0.4 is 5.32 Å². The van der Waals surface area contributed by atoms with Crippen LogP contribution in [0, 0.1) is 10.1 Å². The molecule has 3 aromatic rings. The molecule has 3 aromatic carbocycles. The van der Waals surface area contributed by atoms with E-state index in [4.69, 9.17) is 0 Å². The molecule has 0 radical (unpaired) electrons. The number of nitro groups is 1. The molecule has 0 unspecified atom stereocenters. The quantitative estimate of drug-likeness (QED) is 0.257. The Balaban J connectivity index is 1.74.